The maximum atomic E-state index is 12.1. The summed E-state index contributed by atoms with van der Waals surface area (Å²) in [6, 6.07) is 0. The molecule has 9 fully saturated rings. The largest absolute Gasteiger partial charge is 0.394 e. The van der Waals surface area contributed by atoms with E-state index in [0.29, 0.717) is 43.4 Å². The fourth-order valence-electron chi connectivity index (χ4n) is 15.5. The Morgan fingerprint density at radius 2 is 1.14 bits per heavy atom. The molecule has 0 unspecified atom stereocenters. The zero-order chi connectivity index (χ0) is 52.8. The van der Waals surface area contributed by atoms with Gasteiger partial charge < -0.3 is 109 Å². The third-order valence-corrected chi connectivity index (χ3v) is 20.0. The Morgan fingerprint density at radius 3 is 1.77 bits per heavy atom. The van der Waals surface area contributed by atoms with Crippen molar-refractivity contribution in [3.8, 4) is 0 Å². The second-order valence-electron chi connectivity index (χ2n) is 24.2. The maximum Gasteiger partial charge on any atom is 0.187 e. The number of aliphatic hydroxyl groups excluding tert-OH is 12. The predicted octanol–water partition coefficient (Wildman–Crippen LogP) is -1.90. The van der Waals surface area contributed by atoms with Gasteiger partial charge in [0.15, 0.2) is 30.9 Å². The smallest absolute Gasteiger partial charge is 0.187 e. The summed E-state index contributed by atoms with van der Waals surface area (Å²) in [7, 11) is 0. The van der Waals surface area contributed by atoms with Crippen molar-refractivity contribution in [1.82, 2.24) is 0 Å². The first-order valence-electron chi connectivity index (χ1n) is 27.1. The molecule has 5 heterocycles. The summed E-state index contributed by atoms with van der Waals surface area (Å²) in [5.41, 5.74) is -0.0281. The standard InChI is InChI=1S/C51H86O22/c1-20(19-65-45-39(60)38(59)35(56)30(17-52)69-45)9-14-51(64)21(2)32-29(73-51)16-28-26-8-7-24-15-25(10-12-49(24,5)27(26)11-13-50(28,32)6)68-48-44(72-47-41(62)37(58)34(55)23(4)67-47)42(63)43(31(18-53)70-48)71-46-40(61)36(57)33(54)22(3)66-46/h20-48,52-64H,7-19H2,1-6H3/t20-,21+,22-,23-,24+,25+,26-,27+,28+,29+,30-,31-,32+,33-,34-,35-,36+,37+,38+,39-,40+,41+,42+,43-,44-,45-,46-,47-,48-,49+,50+,51-/m1/s1. The molecule has 0 amide bonds. The summed E-state index contributed by atoms with van der Waals surface area (Å²) in [6.07, 6.45) is -21.1. The summed E-state index contributed by atoms with van der Waals surface area (Å²) in [5.74, 6) is 0.300. The quantitative estimate of drug-likeness (QED) is 0.0845. The molecule has 4 saturated carbocycles. The van der Waals surface area contributed by atoms with Gasteiger partial charge in [0, 0.05) is 12.3 Å². The molecule has 22 nitrogen and oxygen atoms in total. The van der Waals surface area contributed by atoms with Crippen molar-refractivity contribution in [3.05, 3.63) is 0 Å². The highest BCUT2D eigenvalue weighted by Crippen LogP contribution is 2.71. The van der Waals surface area contributed by atoms with Crippen LogP contribution in [0.3, 0.4) is 0 Å². The number of hydrogen-bond donors (Lipinski definition) is 13. The van der Waals surface area contributed by atoms with Crippen molar-refractivity contribution >= 4 is 0 Å². The number of fused-ring (bicyclic) bond motifs is 7. The molecule has 32 atom stereocenters. The molecule has 5 saturated heterocycles. The monoisotopic (exact) mass is 1050 g/mol. The fraction of sp³-hybridized carbons (Fsp3) is 1.00. The van der Waals surface area contributed by atoms with Crippen LogP contribution < -0.4 is 0 Å². The minimum absolute atomic E-state index is 0.00150. The molecule has 0 radical (unpaired) electrons. The molecule has 0 aromatic carbocycles. The van der Waals surface area contributed by atoms with Crippen LogP contribution in [0, 0.1) is 52.3 Å². The summed E-state index contributed by atoms with van der Waals surface area (Å²) in [6.45, 7) is 10.8. The van der Waals surface area contributed by atoms with Gasteiger partial charge in [-0.3, -0.25) is 0 Å². The molecule has 13 N–H and O–H groups in total. The van der Waals surface area contributed by atoms with Gasteiger partial charge in [-0.15, -0.1) is 0 Å². The van der Waals surface area contributed by atoms with Gasteiger partial charge in [0.05, 0.1) is 44.2 Å². The highest BCUT2D eigenvalue weighted by Gasteiger charge is 2.68. The van der Waals surface area contributed by atoms with E-state index < -0.39 is 142 Å². The van der Waals surface area contributed by atoms with Crippen molar-refractivity contribution < 1.29 is 109 Å². The molecule has 422 valence electrons. The van der Waals surface area contributed by atoms with Gasteiger partial charge in [-0.25, -0.2) is 0 Å². The average Bonchev–Trinajstić information content (AvgIpc) is 3.80. The van der Waals surface area contributed by atoms with Gasteiger partial charge in [-0.05, 0) is 118 Å². The topological polar surface area (TPSA) is 346 Å². The molecule has 0 bridgehead atoms. The molecule has 22 heteroatoms. The lowest BCUT2D eigenvalue weighted by molar-refractivity contribution is -0.389. The molecule has 0 aromatic rings. The molecular formula is C51H86O22. The van der Waals surface area contributed by atoms with E-state index in [1.165, 1.54) is 13.8 Å². The Hall–Kier alpha value is -0.880. The van der Waals surface area contributed by atoms with Crippen LogP contribution in [0.25, 0.3) is 0 Å². The average molecular weight is 1050 g/mol. The molecule has 9 rings (SSSR count). The van der Waals surface area contributed by atoms with E-state index in [2.05, 4.69) is 20.8 Å². The summed E-state index contributed by atoms with van der Waals surface area (Å²) >= 11 is 0. The molecule has 0 aromatic heterocycles. The third-order valence-electron chi connectivity index (χ3n) is 20.0. The zero-order valence-corrected chi connectivity index (χ0v) is 42.9. The van der Waals surface area contributed by atoms with Gasteiger partial charge in [0.2, 0.25) is 0 Å². The van der Waals surface area contributed by atoms with E-state index in [0.717, 1.165) is 38.5 Å². The van der Waals surface area contributed by atoms with Crippen LogP contribution >= 0.6 is 0 Å². The number of ether oxygens (including phenoxy) is 9. The summed E-state index contributed by atoms with van der Waals surface area (Å²) < 4.78 is 54.7. The van der Waals surface area contributed by atoms with E-state index in [9.17, 15) is 66.4 Å². The van der Waals surface area contributed by atoms with Crippen LogP contribution in [0.1, 0.15) is 106 Å². The first-order valence-corrected chi connectivity index (χ1v) is 27.1. The predicted molar refractivity (Wildman–Crippen MR) is 249 cm³/mol. The maximum absolute atomic E-state index is 12.1. The fourth-order valence-corrected chi connectivity index (χ4v) is 15.5. The van der Waals surface area contributed by atoms with Crippen molar-refractivity contribution in [2.24, 2.45) is 52.3 Å². The summed E-state index contributed by atoms with van der Waals surface area (Å²) in [4.78, 5) is 0. The van der Waals surface area contributed by atoms with E-state index in [1.54, 1.807) is 0 Å². The van der Waals surface area contributed by atoms with Gasteiger partial charge in [-0.1, -0.05) is 27.7 Å². The number of rotatable bonds is 14. The van der Waals surface area contributed by atoms with E-state index in [-0.39, 0.29) is 53.3 Å². The Labute approximate surface area is 426 Å². The first-order chi connectivity index (χ1) is 34.5. The van der Waals surface area contributed by atoms with Crippen molar-refractivity contribution in [1.29, 1.82) is 0 Å². The van der Waals surface area contributed by atoms with Crippen LogP contribution in [-0.2, 0) is 42.6 Å². The normalized spacial score (nSPS) is 56.6. The second kappa shape index (κ2) is 22.0. The SMILES string of the molecule is C[C@H](CC[C@@]1(O)O[C@H]2C[C@H]3[C@@H]4CC[C@H]5C[C@@H](O[C@@H]6O[C@H](CO)[C@@H](O[C@H]7O[C@H](C)[C@@H](O)[C@H](O)[C@@H]7O)[C@H](O)[C@H]6O[C@H]6O[C@H](C)[C@@H](O)[C@H](O)[C@@H]6O)CC[C@]5(C)[C@H]4CC[C@]3(C)[C@H]2[C@@H]1C)CO[C@@H]1O[C@H](CO)[C@@H](O)[C@H](O)[C@H]1O. The number of aliphatic hydroxyl groups is 13. The highest BCUT2D eigenvalue weighted by atomic mass is 16.8. The Bertz CT molecular complexity index is 1840. The molecule has 9 aliphatic rings. The Balaban J connectivity index is 0.830. The van der Waals surface area contributed by atoms with Crippen molar-refractivity contribution in [2.45, 2.75) is 247 Å². The van der Waals surface area contributed by atoms with Gasteiger partial charge in [-0.2, -0.15) is 0 Å². The van der Waals surface area contributed by atoms with Crippen LogP contribution in [0.2, 0.25) is 0 Å². The molecular weight excluding hydrogens is 965 g/mol. The summed E-state index contributed by atoms with van der Waals surface area (Å²) in [5, 5.41) is 139. The van der Waals surface area contributed by atoms with Crippen LogP contribution in [-0.4, -0.2) is 227 Å². The molecule has 73 heavy (non-hydrogen) atoms. The van der Waals surface area contributed by atoms with Gasteiger partial charge in [0.1, 0.15) is 85.5 Å². The van der Waals surface area contributed by atoms with Crippen LogP contribution in [0.5, 0.6) is 0 Å². The third kappa shape index (κ3) is 10.2. The zero-order valence-electron chi connectivity index (χ0n) is 42.9. The first kappa shape index (κ1) is 56.8. The minimum Gasteiger partial charge on any atom is -0.394 e. The lowest BCUT2D eigenvalue weighted by atomic mass is 9.44. The Morgan fingerprint density at radius 1 is 0.562 bits per heavy atom. The van der Waals surface area contributed by atoms with Gasteiger partial charge >= 0.3 is 0 Å². The minimum atomic E-state index is -1.74. The van der Waals surface area contributed by atoms with Crippen molar-refractivity contribution in [2.75, 3.05) is 19.8 Å². The van der Waals surface area contributed by atoms with Crippen LogP contribution in [0.15, 0.2) is 0 Å². The Kier molecular flexibility index (Phi) is 17.1. The van der Waals surface area contributed by atoms with E-state index in [4.69, 9.17) is 42.6 Å². The van der Waals surface area contributed by atoms with Crippen LogP contribution in [0.4, 0.5) is 0 Å². The highest BCUT2D eigenvalue weighted by molar-refractivity contribution is 5.15. The second-order valence-corrected chi connectivity index (χ2v) is 24.2. The lowest BCUT2D eigenvalue weighted by Crippen LogP contribution is -2.66. The molecule has 5 aliphatic heterocycles. The van der Waals surface area contributed by atoms with Crippen molar-refractivity contribution in [3.63, 3.8) is 0 Å². The molecule has 4 aliphatic carbocycles. The van der Waals surface area contributed by atoms with Gasteiger partial charge in [0.25, 0.3) is 0 Å². The molecule has 0 spiro atoms. The number of hydrogen-bond acceptors (Lipinski definition) is 22. The van der Waals surface area contributed by atoms with E-state index >= 15 is 0 Å². The van der Waals surface area contributed by atoms with E-state index in [1.807, 2.05) is 6.92 Å². The lowest BCUT2D eigenvalue weighted by Gasteiger charge is -2.61.